The molecule has 0 radical (unpaired) electrons. The molecule has 3 nitrogen and oxygen atoms in total. The molecule has 5 heteroatoms. The van der Waals surface area contributed by atoms with Crippen molar-refractivity contribution in [2.75, 3.05) is 13.7 Å². The van der Waals surface area contributed by atoms with Gasteiger partial charge in [-0.2, -0.15) is 0 Å². The van der Waals surface area contributed by atoms with Gasteiger partial charge in [0.1, 0.15) is 6.61 Å². The highest BCUT2D eigenvalue weighted by molar-refractivity contribution is 6.35. The first-order chi connectivity index (χ1) is 10.2. The summed E-state index contributed by atoms with van der Waals surface area (Å²) in [7, 11) is 1.61. The van der Waals surface area contributed by atoms with Crippen molar-refractivity contribution in [3.05, 3.63) is 57.6 Å². The quantitative estimate of drug-likeness (QED) is 0.870. The van der Waals surface area contributed by atoms with E-state index < -0.39 is 0 Å². The molecule has 2 N–H and O–H groups in total. The van der Waals surface area contributed by atoms with Gasteiger partial charge in [0, 0.05) is 15.6 Å². The zero-order valence-electron chi connectivity index (χ0n) is 11.7. The van der Waals surface area contributed by atoms with Crippen molar-refractivity contribution in [1.82, 2.24) is 0 Å². The molecule has 2 aromatic rings. The SMILES string of the molecule is COc1cccc(CCN)c1OCc1c(Cl)cccc1Cl. The van der Waals surface area contributed by atoms with Crippen molar-refractivity contribution in [1.29, 1.82) is 0 Å². The van der Waals surface area contributed by atoms with E-state index in [1.165, 1.54) is 0 Å². The third kappa shape index (κ3) is 3.82. The van der Waals surface area contributed by atoms with Crippen LogP contribution in [0, 0.1) is 0 Å². The van der Waals surface area contributed by atoms with E-state index in [1.807, 2.05) is 18.2 Å². The molecule has 0 saturated carbocycles. The predicted octanol–water partition coefficient (Wildman–Crippen LogP) is 4.08. The number of rotatable bonds is 6. The van der Waals surface area contributed by atoms with E-state index in [1.54, 1.807) is 25.3 Å². The van der Waals surface area contributed by atoms with Crippen molar-refractivity contribution >= 4 is 23.2 Å². The Balaban J connectivity index is 2.27. The van der Waals surface area contributed by atoms with Gasteiger partial charge in [-0.3, -0.25) is 0 Å². The first-order valence-electron chi connectivity index (χ1n) is 6.59. The van der Waals surface area contributed by atoms with Gasteiger partial charge in [-0.25, -0.2) is 0 Å². The van der Waals surface area contributed by atoms with Crippen molar-refractivity contribution in [2.24, 2.45) is 5.73 Å². The van der Waals surface area contributed by atoms with Gasteiger partial charge in [-0.1, -0.05) is 41.4 Å². The monoisotopic (exact) mass is 325 g/mol. The fraction of sp³-hybridized carbons (Fsp3) is 0.250. The number of para-hydroxylation sites is 1. The van der Waals surface area contributed by atoms with Gasteiger partial charge >= 0.3 is 0 Å². The first kappa shape index (κ1) is 16.0. The highest BCUT2D eigenvalue weighted by Gasteiger charge is 2.12. The van der Waals surface area contributed by atoms with E-state index in [2.05, 4.69) is 0 Å². The zero-order chi connectivity index (χ0) is 15.2. The Labute approximate surface area is 134 Å². The van der Waals surface area contributed by atoms with Crippen LogP contribution in [0.1, 0.15) is 11.1 Å². The van der Waals surface area contributed by atoms with Crippen LogP contribution in [0.15, 0.2) is 36.4 Å². The molecule has 0 aliphatic carbocycles. The summed E-state index contributed by atoms with van der Waals surface area (Å²) in [4.78, 5) is 0. The number of ether oxygens (including phenoxy) is 2. The second kappa shape index (κ2) is 7.55. The maximum absolute atomic E-state index is 6.15. The Morgan fingerprint density at radius 2 is 1.71 bits per heavy atom. The van der Waals surface area contributed by atoms with E-state index in [4.69, 9.17) is 38.4 Å². The summed E-state index contributed by atoms with van der Waals surface area (Å²) in [6.45, 7) is 0.812. The maximum Gasteiger partial charge on any atom is 0.164 e. The van der Waals surface area contributed by atoms with Crippen LogP contribution in [-0.4, -0.2) is 13.7 Å². The summed E-state index contributed by atoms with van der Waals surface area (Å²) < 4.78 is 11.3. The van der Waals surface area contributed by atoms with E-state index >= 15 is 0 Å². The van der Waals surface area contributed by atoms with Crippen LogP contribution >= 0.6 is 23.2 Å². The molecule has 0 heterocycles. The van der Waals surface area contributed by atoms with Gasteiger partial charge in [0.2, 0.25) is 0 Å². The fourth-order valence-electron chi connectivity index (χ4n) is 2.05. The second-order valence-electron chi connectivity index (χ2n) is 4.48. The van der Waals surface area contributed by atoms with Crippen LogP contribution < -0.4 is 15.2 Å². The van der Waals surface area contributed by atoms with Crippen LogP contribution in [-0.2, 0) is 13.0 Å². The third-order valence-corrected chi connectivity index (χ3v) is 3.82. The van der Waals surface area contributed by atoms with E-state index in [9.17, 15) is 0 Å². The summed E-state index contributed by atoms with van der Waals surface area (Å²) in [5.41, 5.74) is 7.39. The van der Waals surface area contributed by atoms with Gasteiger partial charge in [-0.05, 0) is 36.7 Å². The molecule has 0 spiro atoms. The molecule has 0 bridgehead atoms. The Morgan fingerprint density at radius 3 is 2.33 bits per heavy atom. The van der Waals surface area contributed by atoms with Crippen molar-refractivity contribution in [3.8, 4) is 11.5 Å². The number of hydrogen-bond acceptors (Lipinski definition) is 3. The van der Waals surface area contributed by atoms with Crippen molar-refractivity contribution < 1.29 is 9.47 Å². The van der Waals surface area contributed by atoms with Crippen LogP contribution in [0.2, 0.25) is 10.0 Å². The summed E-state index contributed by atoms with van der Waals surface area (Å²) >= 11 is 12.3. The van der Waals surface area contributed by atoms with E-state index in [0.29, 0.717) is 34.5 Å². The summed E-state index contributed by atoms with van der Waals surface area (Å²) in [6.07, 6.45) is 0.711. The molecule has 0 atom stereocenters. The highest BCUT2D eigenvalue weighted by Crippen LogP contribution is 2.33. The first-order valence-corrected chi connectivity index (χ1v) is 7.34. The van der Waals surface area contributed by atoms with Gasteiger partial charge < -0.3 is 15.2 Å². The van der Waals surface area contributed by atoms with Gasteiger partial charge in [0.05, 0.1) is 7.11 Å². The second-order valence-corrected chi connectivity index (χ2v) is 5.29. The number of benzene rings is 2. The lowest BCUT2D eigenvalue weighted by Crippen LogP contribution is -2.07. The molecule has 21 heavy (non-hydrogen) atoms. The lowest BCUT2D eigenvalue weighted by Gasteiger charge is -2.16. The van der Waals surface area contributed by atoms with E-state index in [0.717, 1.165) is 11.1 Å². The lowest BCUT2D eigenvalue weighted by molar-refractivity contribution is 0.281. The molecule has 0 fully saturated rings. The van der Waals surface area contributed by atoms with Gasteiger partial charge in [0.15, 0.2) is 11.5 Å². The van der Waals surface area contributed by atoms with E-state index in [-0.39, 0.29) is 6.61 Å². The minimum Gasteiger partial charge on any atom is -0.493 e. The number of hydrogen-bond donors (Lipinski definition) is 1. The Hall–Kier alpha value is -1.42. The summed E-state index contributed by atoms with van der Waals surface area (Å²) in [6, 6.07) is 11.1. The van der Waals surface area contributed by atoms with Crippen LogP contribution in [0.25, 0.3) is 0 Å². The topological polar surface area (TPSA) is 44.5 Å². The molecule has 2 rings (SSSR count). The molecule has 0 saturated heterocycles. The maximum atomic E-state index is 6.15. The number of methoxy groups -OCH3 is 1. The smallest absolute Gasteiger partial charge is 0.164 e. The van der Waals surface area contributed by atoms with Crippen molar-refractivity contribution in [3.63, 3.8) is 0 Å². The lowest BCUT2D eigenvalue weighted by atomic mass is 10.1. The Kier molecular flexibility index (Phi) is 5.74. The number of halogens is 2. The van der Waals surface area contributed by atoms with Crippen molar-refractivity contribution in [2.45, 2.75) is 13.0 Å². The average Bonchev–Trinajstić information content (AvgIpc) is 2.48. The predicted molar refractivity (Wildman–Crippen MR) is 86.5 cm³/mol. The van der Waals surface area contributed by atoms with Crippen LogP contribution in [0.5, 0.6) is 11.5 Å². The molecule has 0 amide bonds. The minimum atomic E-state index is 0.274. The molecular formula is C16H17Cl2NO2. The average molecular weight is 326 g/mol. The van der Waals surface area contributed by atoms with Crippen LogP contribution in [0.3, 0.4) is 0 Å². The Bertz CT molecular complexity index is 597. The molecule has 0 aliphatic heterocycles. The molecular weight excluding hydrogens is 309 g/mol. The zero-order valence-corrected chi connectivity index (χ0v) is 13.2. The largest absolute Gasteiger partial charge is 0.493 e. The number of nitrogens with two attached hydrogens (primary N) is 1. The molecule has 0 unspecified atom stereocenters. The minimum absolute atomic E-state index is 0.274. The van der Waals surface area contributed by atoms with Crippen LogP contribution in [0.4, 0.5) is 0 Å². The molecule has 112 valence electrons. The molecule has 2 aromatic carbocycles. The summed E-state index contributed by atoms with van der Waals surface area (Å²) in [5.74, 6) is 1.35. The fourth-order valence-corrected chi connectivity index (χ4v) is 2.56. The van der Waals surface area contributed by atoms with Gasteiger partial charge in [-0.15, -0.1) is 0 Å². The Morgan fingerprint density at radius 1 is 1.05 bits per heavy atom. The van der Waals surface area contributed by atoms with Gasteiger partial charge in [0.25, 0.3) is 0 Å². The molecule has 0 aromatic heterocycles. The highest BCUT2D eigenvalue weighted by atomic mass is 35.5. The normalized spacial score (nSPS) is 10.5. The molecule has 0 aliphatic rings. The summed E-state index contributed by atoms with van der Waals surface area (Å²) in [5, 5.41) is 1.16. The standard InChI is InChI=1S/C16H17Cl2NO2/c1-20-15-7-2-4-11(8-9-19)16(15)21-10-12-13(17)5-3-6-14(12)18/h2-7H,8-10,19H2,1H3. The third-order valence-electron chi connectivity index (χ3n) is 3.12.